The van der Waals surface area contributed by atoms with Gasteiger partial charge in [0, 0.05) is 17.2 Å². The number of hydrogen-bond donors (Lipinski definition) is 2. The van der Waals surface area contributed by atoms with Gasteiger partial charge in [-0.2, -0.15) is 0 Å². The summed E-state index contributed by atoms with van der Waals surface area (Å²) in [6.07, 6.45) is 0.766. The lowest BCUT2D eigenvalue weighted by Gasteiger charge is -2.15. The molecule has 0 aliphatic rings. The second-order valence-electron chi connectivity index (χ2n) is 5.52. The summed E-state index contributed by atoms with van der Waals surface area (Å²) < 4.78 is 3.96. The molecule has 19 heavy (non-hydrogen) atoms. The Balaban J connectivity index is 2.16. The van der Waals surface area contributed by atoms with Gasteiger partial charge in [-0.3, -0.25) is 11.3 Å². The van der Waals surface area contributed by atoms with E-state index in [1.165, 1.54) is 11.5 Å². The first-order valence-electron chi connectivity index (χ1n) is 6.11. The summed E-state index contributed by atoms with van der Waals surface area (Å²) in [6.45, 7) is 8.46. The van der Waals surface area contributed by atoms with Gasteiger partial charge in [0.05, 0.1) is 27.3 Å². The minimum atomic E-state index is 0.0268. The third-order valence-electron chi connectivity index (χ3n) is 2.90. The molecule has 0 spiro atoms. The highest BCUT2D eigenvalue weighted by Gasteiger charge is 2.21. The molecule has 1 atom stereocenters. The van der Waals surface area contributed by atoms with Gasteiger partial charge >= 0.3 is 0 Å². The molecule has 5 nitrogen and oxygen atoms in total. The van der Waals surface area contributed by atoms with Crippen molar-refractivity contribution in [1.82, 2.24) is 20.0 Å². The molecule has 0 aromatic carbocycles. The zero-order chi connectivity index (χ0) is 14.0. The maximum atomic E-state index is 5.65. The molecule has 2 aromatic heterocycles. The van der Waals surface area contributed by atoms with E-state index in [0.717, 1.165) is 27.7 Å². The highest BCUT2D eigenvalue weighted by atomic mass is 32.1. The average molecular weight is 297 g/mol. The number of aryl methyl sites for hydroxylation is 1. The van der Waals surface area contributed by atoms with Gasteiger partial charge < -0.3 is 0 Å². The molecule has 0 saturated carbocycles. The SMILES string of the molecule is Cc1nnsc1C(Cc1nc(C(C)(C)C)cs1)NN. The molecule has 1 unspecified atom stereocenters. The number of rotatable bonds is 4. The number of nitrogens with one attached hydrogen (secondary N) is 1. The molecule has 3 N–H and O–H groups in total. The Labute approximate surface area is 121 Å². The summed E-state index contributed by atoms with van der Waals surface area (Å²) in [4.78, 5) is 5.77. The molecule has 7 heteroatoms. The second kappa shape index (κ2) is 5.62. The lowest BCUT2D eigenvalue weighted by molar-refractivity contribution is 0.544. The van der Waals surface area contributed by atoms with Crippen LogP contribution in [0, 0.1) is 6.92 Å². The van der Waals surface area contributed by atoms with Gasteiger partial charge in [0.2, 0.25) is 0 Å². The largest absolute Gasteiger partial charge is 0.271 e. The molecule has 2 heterocycles. The van der Waals surface area contributed by atoms with Crippen molar-refractivity contribution < 1.29 is 0 Å². The number of nitrogens with two attached hydrogens (primary N) is 1. The number of nitrogens with zero attached hydrogens (tertiary/aromatic N) is 3. The van der Waals surface area contributed by atoms with Crippen molar-refractivity contribution in [2.45, 2.75) is 45.6 Å². The monoisotopic (exact) mass is 297 g/mol. The van der Waals surface area contributed by atoms with Crippen LogP contribution in [0.4, 0.5) is 0 Å². The maximum Gasteiger partial charge on any atom is 0.0948 e. The quantitative estimate of drug-likeness (QED) is 0.669. The summed E-state index contributed by atoms with van der Waals surface area (Å²) in [5, 5.41) is 7.24. The molecule has 0 radical (unpaired) electrons. The Kier molecular flexibility index (Phi) is 4.29. The minimum absolute atomic E-state index is 0.0268. The summed E-state index contributed by atoms with van der Waals surface area (Å²) in [6, 6.07) is 0.0268. The average Bonchev–Trinajstić information content (AvgIpc) is 2.94. The predicted octanol–water partition coefficient (Wildman–Crippen LogP) is 2.35. The van der Waals surface area contributed by atoms with Gasteiger partial charge in [-0.25, -0.2) is 4.98 Å². The molecular formula is C12H19N5S2. The first-order chi connectivity index (χ1) is 8.91. The minimum Gasteiger partial charge on any atom is -0.271 e. The topological polar surface area (TPSA) is 76.7 Å². The molecule has 0 amide bonds. The third kappa shape index (κ3) is 3.36. The van der Waals surface area contributed by atoms with E-state index >= 15 is 0 Å². The van der Waals surface area contributed by atoms with E-state index in [2.05, 4.69) is 41.2 Å². The lowest BCUT2D eigenvalue weighted by atomic mass is 9.93. The number of hydrogen-bond acceptors (Lipinski definition) is 7. The number of hydrazine groups is 1. The lowest BCUT2D eigenvalue weighted by Crippen LogP contribution is -2.29. The molecule has 0 aliphatic heterocycles. The number of thiazole rings is 1. The van der Waals surface area contributed by atoms with Crippen molar-refractivity contribution >= 4 is 22.9 Å². The second-order valence-corrected chi connectivity index (χ2v) is 7.25. The molecular weight excluding hydrogens is 278 g/mol. The summed E-state index contributed by atoms with van der Waals surface area (Å²) in [5.74, 6) is 5.65. The van der Waals surface area contributed by atoms with Crippen molar-refractivity contribution in [3.8, 4) is 0 Å². The molecule has 0 aliphatic carbocycles. The molecule has 0 fully saturated rings. The van der Waals surface area contributed by atoms with Crippen molar-refractivity contribution in [1.29, 1.82) is 0 Å². The normalized spacial score (nSPS) is 13.7. The molecule has 2 aromatic rings. The Morgan fingerprint density at radius 3 is 2.63 bits per heavy atom. The molecule has 0 bridgehead atoms. The fourth-order valence-electron chi connectivity index (χ4n) is 1.71. The first-order valence-corrected chi connectivity index (χ1v) is 7.77. The van der Waals surface area contributed by atoms with Crippen LogP contribution in [0.25, 0.3) is 0 Å². The van der Waals surface area contributed by atoms with E-state index in [4.69, 9.17) is 10.8 Å². The van der Waals surface area contributed by atoms with Gasteiger partial charge in [-0.05, 0) is 18.5 Å². The van der Waals surface area contributed by atoms with Crippen molar-refractivity contribution in [2.24, 2.45) is 5.84 Å². The van der Waals surface area contributed by atoms with Crippen LogP contribution in [0.2, 0.25) is 0 Å². The Morgan fingerprint density at radius 2 is 2.16 bits per heavy atom. The van der Waals surface area contributed by atoms with E-state index < -0.39 is 0 Å². The van der Waals surface area contributed by atoms with Crippen LogP contribution in [-0.2, 0) is 11.8 Å². The van der Waals surface area contributed by atoms with E-state index in [1.54, 1.807) is 11.3 Å². The van der Waals surface area contributed by atoms with E-state index in [1.807, 2.05) is 6.92 Å². The predicted molar refractivity (Wildman–Crippen MR) is 79.2 cm³/mol. The zero-order valence-electron chi connectivity index (χ0n) is 11.6. The van der Waals surface area contributed by atoms with Gasteiger partial charge in [0.15, 0.2) is 0 Å². The van der Waals surface area contributed by atoms with E-state index in [9.17, 15) is 0 Å². The highest BCUT2D eigenvalue weighted by molar-refractivity contribution is 7.09. The van der Waals surface area contributed by atoms with Gasteiger partial charge in [-0.1, -0.05) is 25.3 Å². The van der Waals surface area contributed by atoms with Crippen LogP contribution in [0.15, 0.2) is 5.38 Å². The zero-order valence-corrected chi connectivity index (χ0v) is 13.2. The molecule has 0 saturated heterocycles. The van der Waals surface area contributed by atoms with Crippen molar-refractivity contribution in [2.75, 3.05) is 0 Å². The van der Waals surface area contributed by atoms with Gasteiger partial charge in [0.25, 0.3) is 0 Å². The third-order valence-corrected chi connectivity index (χ3v) is 4.71. The maximum absolute atomic E-state index is 5.65. The molecule has 104 valence electrons. The summed E-state index contributed by atoms with van der Waals surface area (Å²) >= 11 is 3.07. The Bertz CT molecular complexity index is 540. The summed E-state index contributed by atoms with van der Waals surface area (Å²) in [7, 11) is 0. The van der Waals surface area contributed by atoms with Crippen molar-refractivity contribution in [3.05, 3.63) is 26.7 Å². The van der Waals surface area contributed by atoms with Crippen LogP contribution in [-0.4, -0.2) is 14.6 Å². The van der Waals surface area contributed by atoms with Crippen molar-refractivity contribution in [3.63, 3.8) is 0 Å². The summed E-state index contributed by atoms with van der Waals surface area (Å²) in [5.41, 5.74) is 4.98. The molecule has 2 rings (SSSR count). The Hall–Kier alpha value is -0.890. The van der Waals surface area contributed by atoms with Crippen LogP contribution in [0.5, 0.6) is 0 Å². The first kappa shape index (κ1) is 14.5. The van der Waals surface area contributed by atoms with Crippen LogP contribution in [0.1, 0.15) is 48.1 Å². The van der Waals surface area contributed by atoms with Crippen LogP contribution in [0.3, 0.4) is 0 Å². The van der Waals surface area contributed by atoms with Gasteiger partial charge in [-0.15, -0.1) is 16.4 Å². The Morgan fingerprint density at radius 1 is 1.42 bits per heavy atom. The van der Waals surface area contributed by atoms with E-state index in [0.29, 0.717) is 0 Å². The van der Waals surface area contributed by atoms with E-state index in [-0.39, 0.29) is 11.5 Å². The number of aromatic nitrogens is 3. The van der Waals surface area contributed by atoms with Gasteiger partial charge in [0.1, 0.15) is 0 Å². The van der Waals surface area contributed by atoms with Crippen LogP contribution < -0.4 is 11.3 Å². The fourth-order valence-corrected chi connectivity index (χ4v) is 3.48. The highest BCUT2D eigenvalue weighted by Crippen LogP contribution is 2.28. The smallest absolute Gasteiger partial charge is 0.0948 e. The van der Waals surface area contributed by atoms with Crippen LogP contribution >= 0.6 is 22.9 Å². The standard InChI is InChI=1S/C12H19N5S2/c1-7-11(19-17-16-7)8(15-13)5-10-14-9(6-18-10)12(2,3)4/h6,8,15H,5,13H2,1-4H3. The fraction of sp³-hybridized carbons (Fsp3) is 0.583.